The Bertz CT molecular complexity index is 1090. The van der Waals surface area contributed by atoms with Crippen molar-refractivity contribution >= 4 is 39.1 Å². The number of hydrogen-bond donors (Lipinski definition) is 1. The molecule has 152 valence electrons. The molecule has 0 saturated heterocycles. The van der Waals surface area contributed by atoms with E-state index in [0.717, 1.165) is 17.4 Å². The van der Waals surface area contributed by atoms with E-state index < -0.39 is 29.3 Å². The quantitative estimate of drug-likeness (QED) is 0.467. The van der Waals surface area contributed by atoms with Crippen LogP contribution in [0.3, 0.4) is 0 Å². The Hall–Kier alpha value is -3.07. The molecule has 0 aliphatic rings. The molecule has 1 aromatic carbocycles. The van der Waals surface area contributed by atoms with E-state index in [1.807, 2.05) is 6.92 Å². The summed E-state index contributed by atoms with van der Waals surface area (Å²) in [7, 11) is 0. The molecule has 9 heteroatoms. The van der Waals surface area contributed by atoms with Crippen molar-refractivity contribution in [2.24, 2.45) is 0 Å². The first-order valence-corrected chi connectivity index (χ1v) is 10.0. The third kappa shape index (κ3) is 4.51. The van der Waals surface area contributed by atoms with E-state index in [4.69, 9.17) is 4.74 Å². The molecule has 1 N–H and O–H groups in total. The van der Waals surface area contributed by atoms with Crippen LogP contribution in [0.5, 0.6) is 0 Å². The molecule has 3 rings (SSSR count). The van der Waals surface area contributed by atoms with Crippen LogP contribution in [-0.4, -0.2) is 28.0 Å². The molecule has 0 radical (unpaired) electrons. The summed E-state index contributed by atoms with van der Waals surface area (Å²) in [6, 6.07) is 4.40. The molecule has 1 unspecified atom stereocenters. The van der Waals surface area contributed by atoms with Crippen LogP contribution in [-0.2, 0) is 9.53 Å². The SMILES string of the molecule is CCCCOC(=O)c1csc2ncn(C(C)C(=O)Nc3ccc(F)cc3)c(=O)c12. The number of esters is 1. The van der Waals surface area contributed by atoms with Gasteiger partial charge in [0.2, 0.25) is 5.91 Å². The number of carbonyl (C=O) groups excluding carboxylic acids is 2. The molecule has 2 aromatic heterocycles. The maximum Gasteiger partial charge on any atom is 0.339 e. The average Bonchev–Trinajstić information content (AvgIpc) is 3.15. The van der Waals surface area contributed by atoms with Gasteiger partial charge in [-0.1, -0.05) is 13.3 Å². The summed E-state index contributed by atoms with van der Waals surface area (Å²) in [5.41, 5.74) is 0.0561. The summed E-state index contributed by atoms with van der Waals surface area (Å²) in [5, 5.41) is 4.31. The summed E-state index contributed by atoms with van der Waals surface area (Å²) in [5.74, 6) is -1.47. The molecule has 29 heavy (non-hydrogen) atoms. The number of nitrogens with one attached hydrogen (secondary N) is 1. The molecule has 7 nitrogen and oxygen atoms in total. The third-order valence-electron chi connectivity index (χ3n) is 4.38. The number of ether oxygens (including phenoxy) is 1. The van der Waals surface area contributed by atoms with Crippen molar-refractivity contribution in [1.29, 1.82) is 0 Å². The van der Waals surface area contributed by atoms with E-state index in [2.05, 4.69) is 10.3 Å². The number of hydrogen-bond acceptors (Lipinski definition) is 6. The standard InChI is InChI=1S/C20H20FN3O4S/c1-3-4-9-28-20(27)15-10-29-18-16(15)19(26)24(11-22-18)12(2)17(25)23-14-7-5-13(21)6-8-14/h5-8,10-12H,3-4,9H2,1-2H3,(H,23,25). The van der Waals surface area contributed by atoms with Crippen molar-refractivity contribution in [2.45, 2.75) is 32.7 Å². The van der Waals surface area contributed by atoms with Gasteiger partial charge in [-0.05, 0) is 37.6 Å². The van der Waals surface area contributed by atoms with Crippen molar-refractivity contribution in [3.8, 4) is 0 Å². The van der Waals surface area contributed by atoms with Gasteiger partial charge in [0.1, 0.15) is 16.7 Å². The van der Waals surface area contributed by atoms with Gasteiger partial charge in [0, 0.05) is 11.1 Å². The normalized spacial score (nSPS) is 12.0. The molecule has 3 aromatic rings. The zero-order valence-corrected chi connectivity index (χ0v) is 16.8. The first kappa shape index (κ1) is 20.7. The monoisotopic (exact) mass is 417 g/mol. The number of nitrogens with zero attached hydrogens (tertiary/aromatic N) is 2. The van der Waals surface area contributed by atoms with E-state index in [1.54, 1.807) is 12.3 Å². The predicted molar refractivity (Wildman–Crippen MR) is 109 cm³/mol. The molecule has 0 saturated carbocycles. The van der Waals surface area contributed by atoms with Crippen molar-refractivity contribution in [3.05, 3.63) is 57.7 Å². The fourth-order valence-corrected chi connectivity index (χ4v) is 3.53. The lowest BCUT2D eigenvalue weighted by atomic mass is 10.2. The van der Waals surface area contributed by atoms with Crippen LogP contribution in [0.15, 0.2) is 40.8 Å². The van der Waals surface area contributed by atoms with E-state index in [1.165, 1.54) is 41.9 Å². The Balaban J connectivity index is 1.87. The lowest BCUT2D eigenvalue weighted by molar-refractivity contribution is -0.118. The van der Waals surface area contributed by atoms with Gasteiger partial charge in [-0.15, -0.1) is 11.3 Å². The van der Waals surface area contributed by atoms with Crippen molar-refractivity contribution in [1.82, 2.24) is 9.55 Å². The van der Waals surface area contributed by atoms with E-state index in [0.29, 0.717) is 10.5 Å². The van der Waals surface area contributed by atoms with Gasteiger partial charge in [-0.25, -0.2) is 14.2 Å². The molecular weight excluding hydrogens is 397 g/mol. The summed E-state index contributed by atoms with van der Waals surface area (Å²) in [6.07, 6.45) is 2.89. The molecule has 0 fully saturated rings. The second kappa shape index (κ2) is 8.95. The molecule has 0 bridgehead atoms. The van der Waals surface area contributed by atoms with E-state index in [9.17, 15) is 18.8 Å². The minimum absolute atomic E-state index is 0.139. The number of amides is 1. The van der Waals surface area contributed by atoms with Gasteiger partial charge in [-0.3, -0.25) is 14.2 Å². The van der Waals surface area contributed by atoms with Crippen LogP contribution in [0.2, 0.25) is 0 Å². The molecule has 0 spiro atoms. The number of benzene rings is 1. The lowest BCUT2D eigenvalue weighted by Crippen LogP contribution is -2.32. The number of thiophene rings is 1. The molecule has 1 amide bonds. The van der Waals surface area contributed by atoms with Crippen LogP contribution >= 0.6 is 11.3 Å². The number of anilines is 1. The van der Waals surface area contributed by atoms with E-state index >= 15 is 0 Å². The molecule has 0 aliphatic heterocycles. The van der Waals surface area contributed by atoms with Crippen LogP contribution in [0, 0.1) is 5.82 Å². The second-order valence-electron chi connectivity index (χ2n) is 6.45. The maximum atomic E-state index is 13.0. The van der Waals surface area contributed by atoms with Gasteiger partial charge in [0.05, 0.1) is 23.9 Å². The van der Waals surface area contributed by atoms with Crippen LogP contribution in [0.25, 0.3) is 10.2 Å². The fraction of sp³-hybridized carbons (Fsp3) is 0.300. The number of aromatic nitrogens is 2. The molecular formula is C20H20FN3O4S. The van der Waals surface area contributed by atoms with Crippen LogP contribution in [0.1, 0.15) is 43.1 Å². The van der Waals surface area contributed by atoms with Crippen LogP contribution in [0.4, 0.5) is 10.1 Å². The Labute approximate surface area is 170 Å². The minimum Gasteiger partial charge on any atom is -0.462 e. The summed E-state index contributed by atoms with van der Waals surface area (Å²) in [4.78, 5) is 42.5. The lowest BCUT2D eigenvalue weighted by Gasteiger charge is -2.15. The highest BCUT2D eigenvalue weighted by molar-refractivity contribution is 7.17. The Morgan fingerprint density at radius 2 is 2.03 bits per heavy atom. The maximum absolute atomic E-state index is 13.0. The minimum atomic E-state index is -0.895. The number of unbranched alkanes of at least 4 members (excludes halogenated alkanes) is 1. The van der Waals surface area contributed by atoms with Crippen molar-refractivity contribution in [2.75, 3.05) is 11.9 Å². The number of carbonyl (C=O) groups is 2. The summed E-state index contributed by atoms with van der Waals surface area (Å²) in [6.45, 7) is 3.80. The highest BCUT2D eigenvalue weighted by atomic mass is 32.1. The third-order valence-corrected chi connectivity index (χ3v) is 5.27. The van der Waals surface area contributed by atoms with Gasteiger partial charge in [0.25, 0.3) is 5.56 Å². The first-order chi connectivity index (χ1) is 13.9. The van der Waals surface area contributed by atoms with Gasteiger partial charge in [0.15, 0.2) is 0 Å². The van der Waals surface area contributed by atoms with Gasteiger partial charge >= 0.3 is 5.97 Å². The van der Waals surface area contributed by atoms with Gasteiger partial charge < -0.3 is 10.1 Å². The first-order valence-electron chi connectivity index (χ1n) is 9.14. The number of halogens is 1. The van der Waals surface area contributed by atoms with E-state index in [-0.39, 0.29) is 17.6 Å². The smallest absolute Gasteiger partial charge is 0.339 e. The Kier molecular flexibility index (Phi) is 6.38. The molecule has 2 heterocycles. The number of rotatable bonds is 7. The fourth-order valence-electron chi connectivity index (χ4n) is 2.66. The zero-order valence-electron chi connectivity index (χ0n) is 16.0. The topological polar surface area (TPSA) is 90.3 Å². The molecule has 0 aliphatic carbocycles. The van der Waals surface area contributed by atoms with Gasteiger partial charge in [-0.2, -0.15) is 0 Å². The van der Waals surface area contributed by atoms with Crippen molar-refractivity contribution < 1.29 is 18.7 Å². The largest absolute Gasteiger partial charge is 0.462 e. The predicted octanol–water partition coefficient (Wildman–Crippen LogP) is 3.75. The average molecular weight is 417 g/mol. The summed E-state index contributed by atoms with van der Waals surface area (Å²) < 4.78 is 19.4. The highest BCUT2D eigenvalue weighted by Gasteiger charge is 2.22. The second-order valence-corrected chi connectivity index (χ2v) is 7.31. The summed E-state index contributed by atoms with van der Waals surface area (Å²) >= 11 is 1.17. The van der Waals surface area contributed by atoms with Crippen molar-refractivity contribution in [3.63, 3.8) is 0 Å². The Morgan fingerprint density at radius 1 is 1.31 bits per heavy atom. The highest BCUT2D eigenvalue weighted by Crippen LogP contribution is 2.22. The Morgan fingerprint density at radius 3 is 2.72 bits per heavy atom. The number of fused-ring (bicyclic) bond motifs is 1. The molecule has 1 atom stereocenters. The van der Waals surface area contributed by atoms with Crippen LogP contribution < -0.4 is 10.9 Å². The zero-order chi connectivity index (χ0) is 21.0.